The lowest BCUT2D eigenvalue weighted by Crippen LogP contribution is -2.37. The molecule has 5 rings (SSSR count). The number of tetrazole rings is 1. The minimum Gasteiger partial charge on any atom is -0.481 e. The fourth-order valence-electron chi connectivity index (χ4n) is 4.68. The van der Waals surface area contributed by atoms with Crippen molar-refractivity contribution >= 4 is 23.2 Å². The minimum atomic E-state index is -0.952. The zero-order valence-electron chi connectivity index (χ0n) is 22.4. The number of benzene rings is 2. The van der Waals surface area contributed by atoms with Crippen LogP contribution in [0.3, 0.4) is 0 Å². The van der Waals surface area contributed by atoms with Gasteiger partial charge < -0.3 is 10.4 Å². The van der Waals surface area contributed by atoms with E-state index < -0.39 is 12.0 Å². The quantitative estimate of drug-likeness (QED) is 0.196. The van der Waals surface area contributed by atoms with Crippen molar-refractivity contribution in [2.45, 2.75) is 45.1 Å². The second kappa shape index (κ2) is 13.1. The Morgan fingerprint density at radius 1 is 1.02 bits per heavy atom. The summed E-state index contributed by atoms with van der Waals surface area (Å²) in [5.41, 5.74) is 5.19. The molecule has 3 heterocycles. The molecule has 0 bridgehead atoms. The lowest BCUT2D eigenvalue weighted by Gasteiger charge is -2.16. The highest BCUT2D eigenvalue weighted by atomic mass is 32.1. The van der Waals surface area contributed by atoms with E-state index in [1.165, 1.54) is 11.3 Å². The Hall–Kier alpha value is -4.77. The average Bonchev–Trinajstić information content (AvgIpc) is 3.65. The number of carbonyl (C=O) groups is 2. The van der Waals surface area contributed by atoms with E-state index in [0.717, 1.165) is 45.7 Å². The van der Waals surface area contributed by atoms with E-state index in [9.17, 15) is 14.7 Å². The number of aromatic amines is 1. The fraction of sp³-hybridized carbons (Fsp3) is 0.233. The Kier molecular flexibility index (Phi) is 8.85. The standard InChI is InChI=1S/C30H29N7O3S/c1-2-8-20-14-27(30(40)33-21(16-28(38)39)13-19-9-4-3-5-10-19)41-26(20)15-22-17-32-25(18-31-22)23-11-6-7-12-24(23)29-34-36-37-35-29/h3-7,9-12,14,17-18,21H,2,8,13,15-16H2,1H3,(H,33,40)(H,38,39)(H,34,35,36,37). The molecule has 0 aliphatic heterocycles. The Balaban J connectivity index is 1.33. The Bertz CT molecular complexity index is 1600. The zero-order chi connectivity index (χ0) is 28.6. The van der Waals surface area contributed by atoms with Gasteiger partial charge in [-0.3, -0.25) is 19.6 Å². The molecule has 0 saturated heterocycles. The highest BCUT2D eigenvalue weighted by molar-refractivity contribution is 7.14. The van der Waals surface area contributed by atoms with Crippen LogP contribution in [0, 0.1) is 0 Å². The predicted molar refractivity (Wildman–Crippen MR) is 155 cm³/mol. The van der Waals surface area contributed by atoms with Gasteiger partial charge in [0, 0.05) is 34.7 Å². The van der Waals surface area contributed by atoms with Gasteiger partial charge in [-0.15, -0.1) is 21.5 Å². The van der Waals surface area contributed by atoms with Gasteiger partial charge in [0.25, 0.3) is 5.91 Å². The molecule has 0 aliphatic rings. The number of hydrogen-bond acceptors (Lipinski definition) is 8. The second-order valence-electron chi connectivity index (χ2n) is 9.62. The van der Waals surface area contributed by atoms with E-state index in [4.69, 9.17) is 0 Å². The number of nitrogens with zero attached hydrogens (tertiary/aromatic N) is 5. The Morgan fingerprint density at radius 2 is 1.80 bits per heavy atom. The van der Waals surface area contributed by atoms with Crippen LogP contribution in [0.5, 0.6) is 0 Å². The summed E-state index contributed by atoms with van der Waals surface area (Å²) < 4.78 is 0. The van der Waals surface area contributed by atoms with Crippen LogP contribution in [-0.4, -0.2) is 53.6 Å². The molecule has 0 aliphatic carbocycles. The van der Waals surface area contributed by atoms with Crippen LogP contribution in [0.15, 0.2) is 73.1 Å². The van der Waals surface area contributed by atoms with E-state index in [1.807, 2.05) is 60.7 Å². The lowest BCUT2D eigenvalue weighted by atomic mass is 10.0. The normalized spacial score (nSPS) is 11.7. The van der Waals surface area contributed by atoms with Gasteiger partial charge in [0.15, 0.2) is 0 Å². The van der Waals surface area contributed by atoms with Crippen molar-refractivity contribution in [1.82, 2.24) is 35.9 Å². The third kappa shape index (κ3) is 7.06. The van der Waals surface area contributed by atoms with Gasteiger partial charge in [-0.2, -0.15) is 5.21 Å². The number of aromatic nitrogens is 6. The number of rotatable bonds is 12. The van der Waals surface area contributed by atoms with Crippen LogP contribution in [0.4, 0.5) is 0 Å². The summed E-state index contributed by atoms with van der Waals surface area (Å²) in [6.07, 6.45) is 6.06. The Morgan fingerprint density at radius 3 is 2.49 bits per heavy atom. The van der Waals surface area contributed by atoms with Crippen molar-refractivity contribution in [3.05, 3.63) is 99.6 Å². The molecule has 41 heavy (non-hydrogen) atoms. The van der Waals surface area contributed by atoms with Crippen molar-refractivity contribution in [3.8, 4) is 22.6 Å². The molecule has 0 fully saturated rings. The third-order valence-corrected chi connectivity index (χ3v) is 7.73. The number of hydrogen-bond donors (Lipinski definition) is 3. The van der Waals surface area contributed by atoms with Crippen LogP contribution >= 0.6 is 11.3 Å². The number of thiophene rings is 1. The third-order valence-electron chi connectivity index (χ3n) is 6.56. The molecule has 1 atom stereocenters. The fourth-order valence-corrected chi connectivity index (χ4v) is 5.81. The van der Waals surface area contributed by atoms with E-state index >= 15 is 0 Å². The molecule has 0 spiro atoms. The smallest absolute Gasteiger partial charge is 0.305 e. The minimum absolute atomic E-state index is 0.154. The number of aliphatic carboxylic acids is 1. The Labute approximate surface area is 240 Å². The molecule has 3 aromatic heterocycles. The molecule has 10 nitrogen and oxygen atoms in total. The van der Waals surface area contributed by atoms with E-state index in [1.54, 1.807) is 12.4 Å². The molecule has 1 amide bonds. The zero-order valence-corrected chi connectivity index (χ0v) is 23.3. The highest BCUT2D eigenvalue weighted by Crippen LogP contribution is 2.29. The SMILES string of the molecule is CCCc1cc(C(=O)NC(CC(=O)O)Cc2ccccc2)sc1Cc1cnc(-c2ccccc2-c2nn[nH]n2)cn1. The highest BCUT2D eigenvalue weighted by Gasteiger charge is 2.21. The first-order valence-corrected chi connectivity index (χ1v) is 14.1. The maximum atomic E-state index is 13.2. The number of H-pyrrole nitrogens is 1. The van der Waals surface area contributed by atoms with Crippen LogP contribution in [0.2, 0.25) is 0 Å². The molecule has 208 valence electrons. The van der Waals surface area contributed by atoms with Crippen LogP contribution in [0.1, 0.15) is 51.1 Å². The summed E-state index contributed by atoms with van der Waals surface area (Å²) in [7, 11) is 0. The second-order valence-corrected chi connectivity index (χ2v) is 10.8. The first kappa shape index (κ1) is 27.8. The maximum Gasteiger partial charge on any atom is 0.305 e. The van der Waals surface area contributed by atoms with Crippen molar-refractivity contribution in [1.29, 1.82) is 0 Å². The van der Waals surface area contributed by atoms with Crippen LogP contribution < -0.4 is 5.32 Å². The molecule has 1 unspecified atom stereocenters. The molecule has 3 N–H and O–H groups in total. The number of carbonyl (C=O) groups excluding carboxylic acids is 1. The van der Waals surface area contributed by atoms with E-state index in [-0.39, 0.29) is 12.3 Å². The molecule has 5 aromatic rings. The van der Waals surface area contributed by atoms with Gasteiger partial charge in [-0.05, 0) is 35.2 Å². The number of aryl methyl sites for hydroxylation is 1. The van der Waals surface area contributed by atoms with E-state index in [0.29, 0.717) is 29.2 Å². The average molecular weight is 568 g/mol. The summed E-state index contributed by atoms with van der Waals surface area (Å²) in [5.74, 6) is -0.735. The molecular formula is C30H29N7O3S. The summed E-state index contributed by atoms with van der Waals surface area (Å²) in [6, 6.07) is 18.6. The van der Waals surface area contributed by atoms with Gasteiger partial charge >= 0.3 is 5.97 Å². The number of carboxylic acid groups (broad SMARTS) is 1. The summed E-state index contributed by atoms with van der Waals surface area (Å²) in [5, 5.41) is 26.7. The first-order chi connectivity index (χ1) is 20.0. The number of amides is 1. The first-order valence-electron chi connectivity index (χ1n) is 13.3. The molecular weight excluding hydrogens is 538 g/mol. The van der Waals surface area contributed by atoms with Crippen molar-refractivity contribution in [3.63, 3.8) is 0 Å². The van der Waals surface area contributed by atoms with Gasteiger partial charge in [0.2, 0.25) is 5.82 Å². The summed E-state index contributed by atoms with van der Waals surface area (Å²) in [4.78, 5) is 35.7. The monoisotopic (exact) mass is 567 g/mol. The maximum absolute atomic E-state index is 13.2. The lowest BCUT2D eigenvalue weighted by molar-refractivity contribution is -0.137. The van der Waals surface area contributed by atoms with Crippen molar-refractivity contribution < 1.29 is 14.7 Å². The summed E-state index contributed by atoms with van der Waals surface area (Å²) >= 11 is 1.42. The molecule has 0 saturated carbocycles. The summed E-state index contributed by atoms with van der Waals surface area (Å²) in [6.45, 7) is 2.10. The molecule has 0 radical (unpaired) electrons. The topological polar surface area (TPSA) is 147 Å². The number of nitrogens with one attached hydrogen (secondary N) is 2. The van der Waals surface area contributed by atoms with Gasteiger partial charge in [0.05, 0.1) is 28.9 Å². The molecule has 2 aromatic carbocycles. The van der Waals surface area contributed by atoms with Crippen LogP contribution in [-0.2, 0) is 24.1 Å². The van der Waals surface area contributed by atoms with Gasteiger partial charge in [-0.25, -0.2) is 0 Å². The largest absolute Gasteiger partial charge is 0.481 e. The van der Waals surface area contributed by atoms with Crippen LogP contribution in [0.25, 0.3) is 22.6 Å². The van der Waals surface area contributed by atoms with Gasteiger partial charge in [-0.1, -0.05) is 67.9 Å². The predicted octanol–water partition coefficient (Wildman–Crippen LogP) is 4.74. The number of carboxylic acids is 1. The van der Waals surface area contributed by atoms with Crippen molar-refractivity contribution in [2.75, 3.05) is 0 Å². The van der Waals surface area contributed by atoms with Crippen molar-refractivity contribution in [2.24, 2.45) is 0 Å². The molecule has 11 heteroatoms. The van der Waals surface area contributed by atoms with Gasteiger partial charge in [0.1, 0.15) is 0 Å². The van der Waals surface area contributed by atoms with E-state index in [2.05, 4.69) is 42.8 Å².